The highest BCUT2D eigenvalue weighted by molar-refractivity contribution is 6.34. The summed E-state index contributed by atoms with van der Waals surface area (Å²) in [5.41, 5.74) is -0.00851. The predicted octanol–water partition coefficient (Wildman–Crippen LogP) is 2.28. The van der Waals surface area contributed by atoms with Crippen LogP contribution >= 0.6 is 11.6 Å². The summed E-state index contributed by atoms with van der Waals surface area (Å²) < 4.78 is 1.47. The maximum absolute atomic E-state index is 12.1. The molecular formula is C12H12ClN5O3. The van der Waals surface area contributed by atoms with Gasteiger partial charge in [-0.3, -0.25) is 19.6 Å². The second-order valence-electron chi connectivity index (χ2n) is 4.15. The average Bonchev–Trinajstić information content (AvgIpc) is 2.83. The van der Waals surface area contributed by atoms with E-state index in [9.17, 15) is 14.9 Å². The number of aryl methyl sites for hydroxylation is 1. The highest BCUT2D eigenvalue weighted by atomic mass is 35.5. The molecule has 2 aromatic rings. The first-order valence-corrected chi connectivity index (χ1v) is 6.27. The van der Waals surface area contributed by atoms with Gasteiger partial charge in [0.25, 0.3) is 11.6 Å². The van der Waals surface area contributed by atoms with Gasteiger partial charge in [-0.15, -0.1) is 0 Å². The zero-order valence-electron chi connectivity index (χ0n) is 11.3. The van der Waals surface area contributed by atoms with Gasteiger partial charge >= 0.3 is 0 Å². The summed E-state index contributed by atoms with van der Waals surface area (Å²) in [5, 5.41) is 20.3. The molecule has 21 heavy (non-hydrogen) atoms. The lowest BCUT2D eigenvalue weighted by Crippen LogP contribution is -2.15. The summed E-state index contributed by atoms with van der Waals surface area (Å²) in [6.07, 6.45) is 1.52. The van der Waals surface area contributed by atoms with Crippen LogP contribution in [0.5, 0.6) is 0 Å². The number of benzene rings is 1. The summed E-state index contributed by atoms with van der Waals surface area (Å²) in [7, 11) is 3.18. The van der Waals surface area contributed by atoms with Crippen molar-refractivity contribution in [2.45, 2.75) is 0 Å². The van der Waals surface area contributed by atoms with Crippen LogP contribution in [0.2, 0.25) is 5.02 Å². The van der Waals surface area contributed by atoms with Gasteiger partial charge in [0.1, 0.15) is 11.5 Å². The fourth-order valence-electron chi connectivity index (χ4n) is 1.80. The van der Waals surface area contributed by atoms with E-state index in [4.69, 9.17) is 11.6 Å². The largest absolute Gasteiger partial charge is 0.381 e. The molecule has 0 unspecified atom stereocenters. The first kappa shape index (κ1) is 14.8. The SMILES string of the molecule is CNc1c(Cl)cc(C(=O)Nc2ccnn2C)cc1[N+](=O)[O-]. The minimum Gasteiger partial charge on any atom is -0.381 e. The Hall–Kier alpha value is -2.61. The fraction of sp³-hybridized carbons (Fsp3) is 0.167. The van der Waals surface area contributed by atoms with Crippen molar-refractivity contribution in [3.63, 3.8) is 0 Å². The van der Waals surface area contributed by atoms with Crippen molar-refractivity contribution >= 4 is 34.7 Å². The number of nitro benzene ring substituents is 1. The minimum absolute atomic E-state index is 0.0897. The number of hydrogen-bond acceptors (Lipinski definition) is 5. The topological polar surface area (TPSA) is 102 Å². The summed E-state index contributed by atoms with van der Waals surface area (Å²) >= 11 is 5.97. The predicted molar refractivity (Wildman–Crippen MR) is 78.8 cm³/mol. The molecule has 0 saturated carbocycles. The van der Waals surface area contributed by atoms with Gasteiger partial charge in [0, 0.05) is 31.8 Å². The van der Waals surface area contributed by atoms with Crippen molar-refractivity contribution in [2.24, 2.45) is 7.05 Å². The van der Waals surface area contributed by atoms with Crippen LogP contribution in [-0.4, -0.2) is 27.7 Å². The fourth-order valence-corrected chi connectivity index (χ4v) is 2.11. The van der Waals surface area contributed by atoms with Gasteiger partial charge in [0.05, 0.1) is 16.1 Å². The Kier molecular flexibility index (Phi) is 4.08. The average molecular weight is 310 g/mol. The number of aromatic nitrogens is 2. The quantitative estimate of drug-likeness (QED) is 0.666. The molecule has 0 aliphatic carbocycles. The number of carbonyl (C=O) groups excluding carboxylic acids is 1. The molecule has 2 N–H and O–H groups in total. The Morgan fingerprint density at radius 1 is 1.48 bits per heavy atom. The number of nitrogens with zero attached hydrogens (tertiary/aromatic N) is 3. The first-order chi connectivity index (χ1) is 9.93. The third kappa shape index (κ3) is 2.95. The van der Waals surface area contributed by atoms with E-state index in [0.29, 0.717) is 5.82 Å². The number of rotatable bonds is 4. The number of nitro groups is 1. The highest BCUT2D eigenvalue weighted by Gasteiger charge is 2.21. The second-order valence-corrected chi connectivity index (χ2v) is 4.56. The van der Waals surface area contributed by atoms with E-state index in [1.54, 1.807) is 13.1 Å². The number of halogens is 1. The molecule has 1 aromatic carbocycles. The highest BCUT2D eigenvalue weighted by Crippen LogP contribution is 2.33. The van der Waals surface area contributed by atoms with Crippen LogP contribution in [0.1, 0.15) is 10.4 Å². The van der Waals surface area contributed by atoms with Crippen LogP contribution in [0.3, 0.4) is 0 Å². The zero-order valence-corrected chi connectivity index (χ0v) is 12.0. The molecule has 9 heteroatoms. The molecule has 0 fully saturated rings. The molecule has 1 amide bonds. The van der Waals surface area contributed by atoms with Crippen LogP contribution < -0.4 is 10.6 Å². The van der Waals surface area contributed by atoms with E-state index in [2.05, 4.69) is 15.7 Å². The van der Waals surface area contributed by atoms with E-state index in [0.717, 1.165) is 0 Å². The van der Waals surface area contributed by atoms with Gasteiger partial charge in [-0.2, -0.15) is 5.10 Å². The van der Waals surface area contributed by atoms with Crippen molar-refractivity contribution in [3.05, 3.63) is 45.1 Å². The Labute approximate surface area is 124 Å². The molecule has 0 aliphatic heterocycles. The van der Waals surface area contributed by atoms with Gasteiger partial charge < -0.3 is 10.6 Å². The lowest BCUT2D eigenvalue weighted by Gasteiger charge is -2.09. The van der Waals surface area contributed by atoms with E-state index in [1.165, 1.54) is 30.1 Å². The molecule has 0 aliphatic rings. The number of hydrogen-bond donors (Lipinski definition) is 2. The second kappa shape index (κ2) is 5.80. The molecule has 8 nitrogen and oxygen atoms in total. The standard InChI is InChI=1S/C12H12ClN5O3/c1-14-11-8(13)5-7(6-9(11)18(20)21)12(19)16-10-3-4-15-17(10)2/h3-6,14H,1-2H3,(H,16,19). The van der Waals surface area contributed by atoms with Crippen LogP contribution in [0.25, 0.3) is 0 Å². The number of nitrogens with one attached hydrogen (secondary N) is 2. The Balaban J connectivity index is 2.38. The molecule has 1 aromatic heterocycles. The normalized spacial score (nSPS) is 10.2. The maximum Gasteiger partial charge on any atom is 0.294 e. The van der Waals surface area contributed by atoms with Gasteiger partial charge in [0.15, 0.2) is 0 Å². The number of carbonyl (C=O) groups is 1. The monoisotopic (exact) mass is 309 g/mol. The maximum atomic E-state index is 12.1. The van der Waals surface area contributed by atoms with Gasteiger partial charge in [-0.05, 0) is 6.07 Å². The smallest absolute Gasteiger partial charge is 0.294 e. The zero-order chi connectivity index (χ0) is 15.6. The third-order valence-corrected chi connectivity index (χ3v) is 3.14. The van der Waals surface area contributed by atoms with Gasteiger partial charge in [0.2, 0.25) is 0 Å². The molecule has 1 heterocycles. The van der Waals surface area contributed by atoms with E-state index >= 15 is 0 Å². The van der Waals surface area contributed by atoms with Crippen molar-refractivity contribution < 1.29 is 9.72 Å². The summed E-state index contributed by atoms with van der Waals surface area (Å²) in [6, 6.07) is 4.14. The third-order valence-electron chi connectivity index (χ3n) is 2.84. The Bertz CT molecular complexity index is 713. The van der Waals surface area contributed by atoms with Crippen molar-refractivity contribution in [2.75, 3.05) is 17.7 Å². The Morgan fingerprint density at radius 3 is 2.71 bits per heavy atom. The lowest BCUT2D eigenvalue weighted by atomic mass is 10.1. The molecular weight excluding hydrogens is 298 g/mol. The minimum atomic E-state index is -0.599. The first-order valence-electron chi connectivity index (χ1n) is 5.89. The summed E-state index contributed by atoms with van der Waals surface area (Å²) in [4.78, 5) is 22.6. The number of amides is 1. The van der Waals surface area contributed by atoms with Crippen LogP contribution in [0, 0.1) is 10.1 Å². The van der Waals surface area contributed by atoms with Crippen LogP contribution in [0.15, 0.2) is 24.4 Å². The molecule has 110 valence electrons. The molecule has 0 saturated heterocycles. The van der Waals surface area contributed by atoms with Crippen LogP contribution in [0.4, 0.5) is 17.2 Å². The van der Waals surface area contributed by atoms with Crippen molar-refractivity contribution in [1.29, 1.82) is 0 Å². The summed E-state index contributed by atoms with van der Waals surface area (Å²) in [5.74, 6) is -0.0391. The molecule has 2 rings (SSSR count). The van der Waals surface area contributed by atoms with Gasteiger partial charge in [-0.1, -0.05) is 11.6 Å². The van der Waals surface area contributed by atoms with E-state index in [1.807, 2.05) is 0 Å². The molecule has 0 atom stereocenters. The number of anilines is 2. The van der Waals surface area contributed by atoms with Crippen molar-refractivity contribution in [3.8, 4) is 0 Å². The summed E-state index contributed by atoms with van der Waals surface area (Å²) in [6.45, 7) is 0. The van der Waals surface area contributed by atoms with Crippen molar-refractivity contribution in [1.82, 2.24) is 9.78 Å². The Morgan fingerprint density at radius 2 is 2.19 bits per heavy atom. The molecule has 0 bridgehead atoms. The lowest BCUT2D eigenvalue weighted by molar-refractivity contribution is -0.383. The van der Waals surface area contributed by atoms with E-state index < -0.39 is 10.8 Å². The van der Waals surface area contributed by atoms with Crippen LogP contribution in [-0.2, 0) is 7.05 Å². The van der Waals surface area contributed by atoms with E-state index in [-0.39, 0.29) is 22.0 Å². The molecule has 0 spiro atoms. The van der Waals surface area contributed by atoms with Gasteiger partial charge in [-0.25, -0.2) is 0 Å². The molecule has 0 radical (unpaired) electrons.